The number of hydrogen-bond acceptors (Lipinski definition) is 4. The lowest BCUT2D eigenvalue weighted by Crippen LogP contribution is -2.35. The minimum atomic E-state index is 0. The first-order chi connectivity index (χ1) is 8.29. The maximum absolute atomic E-state index is 9.84. The van der Waals surface area contributed by atoms with Gasteiger partial charge in [-0.05, 0) is 24.6 Å². The Kier molecular flexibility index (Phi) is 6.43. The monoisotopic (exact) mass is 272 g/mol. The normalized spacial score (nSPS) is 16.3. The molecule has 2 rings (SSSR count). The number of aromatic hydroxyl groups is 1. The molecule has 0 bridgehead atoms. The average Bonchev–Trinajstić information content (AvgIpc) is 2.35. The number of nitrogens with zero attached hydrogens (tertiary/aromatic N) is 1. The summed E-state index contributed by atoms with van der Waals surface area (Å²) in [5.41, 5.74) is 7.72. The van der Waals surface area contributed by atoms with Crippen LogP contribution in [-0.4, -0.2) is 42.9 Å². The van der Waals surface area contributed by atoms with Gasteiger partial charge in [-0.15, -0.1) is 12.4 Å². The number of nitrogens with two attached hydrogens (primary N) is 1. The molecule has 1 fully saturated rings. The second-order valence-corrected chi connectivity index (χ2v) is 4.39. The first-order valence-corrected chi connectivity index (χ1v) is 6.10. The molecule has 0 atom stereocenters. The molecule has 0 spiro atoms. The van der Waals surface area contributed by atoms with Gasteiger partial charge in [0.25, 0.3) is 0 Å². The summed E-state index contributed by atoms with van der Waals surface area (Å²) in [5.74, 6) is 0.372. The summed E-state index contributed by atoms with van der Waals surface area (Å²) in [7, 11) is 0. The van der Waals surface area contributed by atoms with Crippen molar-refractivity contribution in [2.45, 2.75) is 13.0 Å². The zero-order chi connectivity index (χ0) is 12.1. The van der Waals surface area contributed by atoms with E-state index in [-0.39, 0.29) is 12.4 Å². The number of ether oxygens (including phenoxy) is 1. The van der Waals surface area contributed by atoms with Crippen molar-refractivity contribution in [2.75, 3.05) is 32.8 Å². The molecular weight excluding hydrogens is 252 g/mol. The molecule has 18 heavy (non-hydrogen) atoms. The predicted octanol–water partition coefficient (Wildman–Crippen LogP) is 1.15. The molecule has 0 aromatic heterocycles. The van der Waals surface area contributed by atoms with Gasteiger partial charge in [-0.1, -0.05) is 12.1 Å². The lowest BCUT2D eigenvalue weighted by atomic mass is 10.1. The van der Waals surface area contributed by atoms with Crippen molar-refractivity contribution in [1.29, 1.82) is 0 Å². The molecule has 1 aromatic rings. The van der Waals surface area contributed by atoms with Crippen molar-refractivity contribution in [3.05, 3.63) is 29.3 Å². The second kappa shape index (κ2) is 7.59. The Morgan fingerprint density at radius 2 is 2.00 bits per heavy atom. The van der Waals surface area contributed by atoms with Crippen molar-refractivity contribution in [3.63, 3.8) is 0 Å². The molecule has 102 valence electrons. The van der Waals surface area contributed by atoms with Gasteiger partial charge in [0, 0.05) is 25.2 Å². The van der Waals surface area contributed by atoms with Crippen molar-refractivity contribution in [1.82, 2.24) is 4.90 Å². The molecule has 0 saturated carbocycles. The molecule has 5 heteroatoms. The summed E-state index contributed by atoms with van der Waals surface area (Å²) < 4.78 is 5.31. The number of rotatable bonds is 4. The van der Waals surface area contributed by atoms with Crippen molar-refractivity contribution in [2.24, 2.45) is 5.73 Å². The minimum Gasteiger partial charge on any atom is -0.508 e. The lowest BCUT2D eigenvalue weighted by Gasteiger charge is -2.27. The van der Waals surface area contributed by atoms with Crippen molar-refractivity contribution < 1.29 is 9.84 Å². The summed E-state index contributed by atoms with van der Waals surface area (Å²) in [5, 5.41) is 9.84. The maximum atomic E-state index is 9.84. The van der Waals surface area contributed by atoms with E-state index >= 15 is 0 Å². The van der Waals surface area contributed by atoms with Crippen LogP contribution in [0.4, 0.5) is 0 Å². The van der Waals surface area contributed by atoms with Crippen LogP contribution in [0.5, 0.6) is 5.75 Å². The third kappa shape index (κ3) is 4.14. The molecule has 1 heterocycles. The molecular formula is C13H21ClN2O2. The average molecular weight is 273 g/mol. The van der Waals surface area contributed by atoms with Gasteiger partial charge in [0.2, 0.25) is 0 Å². The quantitative estimate of drug-likeness (QED) is 0.863. The summed E-state index contributed by atoms with van der Waals surface area (Å²) >= 11 is 0. The number of phenolic OH excluding ortho intramolecular Hbond substituents is 1. The third-order valence-corrected chi connectivity index (χ3v) is 3.07. The largest absolute Gasteiger partial charge is 0.508 e. The van der Waals surface area contributed by atoms with Gasteiger partial charge < -0.3 is 15.6 Å². The van der Waals surface area contributed by atoms with Gasteiger partial charge in [-0.2, -0.15) is 0 Å². The van der Waals surface area contributed by atoms with Gasteiger partial charge in [0.05, 0.1) is 13.2 Å². The zero-order valence-electron chi connectivity index (χ0n) is 10.5. The Morgan fingerprint density at radius 3 is 2.67 bits per heavy atom. The van der Waals surface area contributed by atoms with Crippen molar-refractivity contribution >= 4 is 12.4 Å². The molecule has 0 unspecified atom stereocenters. The van der Waals surface area contributed by atoms with Crippen LogP contribution < -0.4 is 5.73 Å². The molecule has 4 nitrogen and oxygen atoms in total. The van der Waals surface area contributed by atoms with Crippen LogP contribution in [0.25, 0.3) is 0 Å². The summed E-state index contributed by atoms with van der Waals surface area (Å²) in [4.78, 5) is 2.30. The zero-order valence-corrected chi connectivity index (χ0v) is 11.3. The molecule has 1 saturated heterocycles. The lowest BCUT2D eigenvalue weighted by molar-refractivity contribution is 0.0339. The van der Waals surface area contributed by atoms with E-state index in [2.05, 4.69) is 11.0 Å². The van der Waals surface area contributed by atoms with E-state index in [4.69, 9.17) is 10.5 Å². The number of morpholine rings is 1. The van der Waals surface area contributed by atoms with E-state index in [0.717, 1.165) is 44.8 Å². The summed E-state index contributed by atoms with van der Waals surface area (Å²) in [6.07, 6.45) is 0.858. The SMILES string of the molecule is Cl.NCCc1ccc(O)c(CN2CCOCC2)c1. The number of phenols is 1. The fourth-order valence-corrected chi connectivity index (χ4v) is 2.09. The van der Waals surface area contributed by atoms with E-state index in [1.807, 2.05) is 6.07 Å². The topological polar surface area (TPSA) is 58.7 Å². The number of benzene rings is 1. The Bertz CT molecular complexity index is 368. The summed E-state index contributed by atoms with van der Waals surface area (Å²) in [6, 6.07) is 5.75. The first-order valence-electron chi connectivity index (χ1n) is 6.10. The minimum absolute atomic E-state index is 0. The van der Waals surface area contributed by atoms with E-state index in [1.165, 1.54) is 5.56 Å². The molecule has 1 aliphatic rings. The van der Waals surface area contributed by atoms with E-state index < -0.39 is 0 Å². The Labute approximate surface area is 114 Å². The van der Waals surface area contributed by atoms with Gasteiger partial charge >= 0.3 is 0 Å². The fourth-order valence-electron chi connectivity index (χ4n) is 2.09. The summed E-state index contributed by atoms with van der Waals surface area (Å²) in [6.45, 7) is 4.85. The van der Waals surface area contributed by atoms with Crippen LogP contribution in [0.15, 0.2) is 18.2 Å². The smallest absolute Gasteiger partial charge is 0.120 e. The fraction of sp³-hybridized carbons (Fsp3) is 0.538. The molecule has 0 radical (unpaired) electrons. The standard InChI is InChI=1S/C13H20N2O2.ClH/c14-4-3-11-1-2-13(16)12(9-11)10-15-5-7-17-8-6-15;/h1-2,9,16H,3-8,10,14H2;1H. The van der Waals surface area contributed by atoms with E-state index in [0.29, 0.717) is 12.3 Å². The Balaban J connectivity index is 0.00000162. The first kappa shape index (κ1) is 15.2. The molecule has 1 aromatic carbocycles. The predicted molar refractivity (Wildman–Crippen MR) is 74.2 cm³/mol. The van der Waals surface area contributed by atoms with Crippen LogP contribution >= 0.6 is 12.4 Å². The Morgan fingerprint density at radius 1 is 1.28 bits per heavy atom. The molecule has 1 aliphatic heterocycles. The van der Waals surface area contributed by atoms with Crippen LogP contribution in [0, 0.1) is 0 Å². The van der Waals surface area contributed by atoms with Crippen LogP contribution in [0.2, 0.25) is 0 Å². The van der Waals surface area contributed by atoms with E-state index in [1.54, 1.807) is 6.07 Å². The van der Waals surface area contributed by atoms with Gasteiger partial charge in [0.15, 0.2) is 0 Å². The van der Waals surface area contributed by atoms with E-state index in [9.17, 15) is 5.11 Å². The highest BCUT2D eigenvalue weighted by atomic mass is 35.5. The van der Waals surface area contributed by atoms with Gasteiger partial charge in [-0.3, -0.25) is 4.90 Å². The highest BCUT2D eigenvalue weighted by Gasteiger charge is 2.12. The highest BCUT2D eigenvalue weighted by Crippen LogP contribution is 2.21. The highest BCUT2D eigenvalue weighted by molar-refractivity contribution is 5.85. The number of hydrogen-bond donors (Lipinski definition) is 2. The van der Waals surface area contributed by atoms with Gasteiger partial charge in [-0.25, -0.2) is 0 Å². The van der Waals surface area contributed by atoms with Crippen LogP contribution in [0.3, 0.4) is 0 Å². The van der Waals surface area contributed by atoms with Crippen LogP contribution in [0.1, 0.15) is 11.1 Å². The molecule has 0 amide bonds. The third-order valence-electron chi connectivity index (χ3n) is 3.07. The molecule has 0 aliphatic carbocycles. The second-order valence-electron chi connectivity index (χ2n) is 4.39. The Hall–Kier alpha value is -0.810. The van der Waals surface area contributed by atoms with Crippen molar-refractivity contribution in [3.8, 4) is 5.75 Å². The number of halogens is 1. The van der Waals surface area contributed by atoms with Gasteiger partial charge in [0.1, 0.15) is 5.75 Å². The molecule has 3 N–H and O–H groups in total. The van der Waals surface area contributed by atoms with Crippen LogP contribution in [-0.2, 0) is 17.7 Å². The maximum Gasteiger partial charge on any atom is 0.120 e.